The molecule has 1 saturated heterocycles. The van der Waals surface area contributed by atoms with Gasteiger partial charge in [-0.05, 0) is 24.3 Å². The van der Waals surface area contributed by atoms with Crippen LogP contribution in [0.4, 0.5) is 5.69 Å². The van der Waals surface area contributed by atoms with Crippen molar-refractivity contribution in [1.29, 1.82) is 0 Å². The van der Waals surface area contributed by atoms with E-state index in [1.54, 1.807) is 6.20 Å². The molecule has 0 aliphatic carbocycles. The molecule has 0 radical (unpaired) electrons. The molecule has 0 amide bonds. The van der Waals surface area contributed by atoms with Crippen LogP contribution in [-0.2, 0) is 0 Å². The largest absolute Gasteiger partial charge is 0.389 e. The summed E-state index contributed by atoms with van der Waals surface area (Å²) in [7, 11) is 0. The standard InChI is InChI=1S/C15H23N3S/c1-3-15(4-2)6-9-18(10-7-15)13-11-17-8-5-12(13)14(16)19/h5,8,11H,3-4,6-7,9-10H2,1-2H3,(H2,16,19). The maximum Gasteiger partial charge on any atom is 0.106 e. The van der Waals surface area contributed by atoms with E-state index in [0.717, 1.165) is 24.3 Å². The molecule has 0 atom stereocenters. The van der Waals surface area contributed by atoms with Crippen LogP contribution >= 0.6 is 12.2 Å². The van der Waals surface area contributed by atoms with E-state index in [4.69, 9.17) is 18.0 Å². The number of aromatic nitrogens is 1. The Morgan fingerprint density at radius 2 is 2.00 bits per heavy atom. The molecule has 0 aromatic carbocycles. The van der Waals surface area contributed by atoms with Gasteiger partial charge in [-0.2, -0.15) is 0 Å². The Balaban J connectivity index is 2.16. The van der Waals surface area contributed by atoms with Crippen molar-refractivity contribution < 1.29 is 0 Å². The fourth-order valence-corrected chi connectivity index (χ4v) is 3.20. The number of thiocarbonyl (C=S) groups is 1. The quantitative estimate of drug-likeness (QED) is 0.859. The van der Waals surface area contributed by atoms with E-state index >= 15 is 0 Å². The second-order valence-electron chi connectivity index (χ2n) is 5.45. The fraction of sp³-hybridized carbons (Fsp3) is 0.600. The minimum absolute atomic E-state index is 0.459. The highest BCUT2D eigenvalue weighted by Gasteiger charge is 2.31. The molecular weight excluding hydrogens is 254 g/mol. The molecule has 0 saturated carbocycles. The number of hydrogen-bond acceptors (Lipinski definition) is 3. The zero-order chi connectivity index (χ0) is 13.9. The highest BCUT2D eigenvalue weighted by atomic mass is 32.1. The molecule has 0 bridgehead atoms. The van der Waals surface area contributed by atoms with E-state index in [1.165, 1.54) is 25.7 Å². The Hall–Kier alpha value is -1.16. The van der Waals surface area contributed by atoms with Crippen molar-refractivity contribution in [2.45, 2.75) is 39.5 Å². The van der Waals surface area contributed by atoms with E-state index in [0.29, 0.717) is 10.4 Å². The second kappa shape index (κ2) is 5.87. The van der Waals surface area contributed by atoms with Gasteiger partial charge in [0.05, 0.1) is 11.9 Å². The lowest BCUT2D eigenvalue weighted by atomic mass is 9.74. The molecule has 0 spiro atoms. The molecule has 1 aliphatic heterocycles. The summed E-state index contributed by atoms with van der Waals surface area (Å²) < 4.78 is 0. The van der Waals surface area contributed by atoms with E-state index < -0.39 is 0 Å². The lowest BCUT2D eigenvalue weighted by Gasteiger charge is -2.42. The zero-order valence-electron chi connectivity index (χ0n) is 11.9. The van der Waals surface area contributed by atoms with Gasteiger partial charge in [-0.3, -0.25) is 4.98 Å². The average molecular weight is 277 g/mol. The Morgan fingerprint density at radius 1 is 1.37 bits per heavy atom. The first-order valence-corrected chi connectivity index (χ1v) is 7.51. The molecule has 1 aliphatic rings. The predicted molar refractivity (Wildman–Crippen MR) is 84.6 cm³/mol. The number of piperidine rings is 1. The molecule has 3 nitrogen and oxygen atoms in total. The number of pyridine rings is 1. The Kier molecular flexibility index (Phi) is 4.40. The van der Waals surface area contributed by atoms with Crippen molar-refractivity contribution in [2.24, 2.45) is 11.1 Å². The van der Waals surface area contributed by atoms with E-state index in [9.17, 15) is 0 Å². The molecule has 2 heterocycles. The van der Waals surface area contributed by atoms with Crippen LogP contribution in [0, 0.1) is 5.41 Å². The first-order chi connectivity index (χ1) is 9.12. The third kappa shape index (κ3) is 2.89. The van der Waals surface area contributed by atoms with Gasteiger partial charge in [-0.1, -0.05) is 38.9 Å². The molecular formula is C15H23N3S. The maximum absolute atomic E-state index is 5.80. The molecule has 104 valence electrons. The molecule has 1 aromatic rings. The number of anilines is 1. The van der Waals surface area contributed by atoms with Gasteiger partial charge in [0, 0.05) is 24.8 Å². The maximum atomic E-state index is 5.80. The summed E-state index contributed by atoms with van der Waals surface area (Å²) in [5.74, 6) is 0. The summed E-state index contributed by atoms with van der Waals surface area (Å²) in [6, 6.07) is 1.92. The third-order valence-electron chi connectivity index (χ3n) is 4.73. The molecule has 0 unspecified atom stereocenters. The molecule has 1 fully saturated rings. The van der Waals surface area contributed by atoms with Crippen LogP contribution in [0.3, 0.4) is 0 Å². The topological polar surface area (TPSA) is 42.2 Å². The summed E-state index contributed by atoms with van der Waals surface area (Å²) in [5.41, 5.74) is 8.38. The van der Waals surface area contributed by atoms with Crippen LogP contribution in [0.25, 0.3) is 0 Å². The molecule has 4 heteroatoms. The van der Waals surface area contributed by atoms with Gasteiger partial charge in [-0.25, -0.2) is 0 Å². The second-order valence-corrected chi connectivity index (χ2v) is 5.89. The average Bonchev–Trinajstić information content (AvgIpc) is 2.47. The Bertz CT molecular complexity index is 444. The van der Waals surface area contributed by atoms with Gasteiger partial charge in [0.2, 0.25) is 0 Å². The third-order valence-corrected chi connectivity index (χ3v) is 4.95. The van der Waals surface area contributed by atoms with Gasteiger partial charge in [0.1, 0.15) is 4.99 Å². The smallest absolute Gasteiger partial charge is 0.106 e. The monoisotopic (exact) mass is 277 g/mol. The number of rotatable bonds is 4. The lowest BCUT2D eigenvalue weighted by Crippen LogP contribution is -2.40. The summed E-state index contributed by atoms with van der Waals surface area (Å²) in [6.45, 7) is 6.76. The van der Waals surface area contributed by atoms with Crippen LogP contribution < -0.4 is 10.6 Å². The summed E-state index contributed by atoms with van der Waals surface area (Å²) in [6.07, 6.45) is 8.67. The summed E-state index contributed by atoms with van der Waals surface area (Å²) >= 11 is 5.13. The number of nitrogens with two attached hydrogens (primary N) is 1. The summed E-state index contributed by atoms with van der Waals surface area (Å²) in [4.78, 5) is 7.06. The minimum Gasteiger partial charge on any atom is -0.389 e. The van der Waals surface area contributed by atoms with Crippen LogP contribution in [0.15, 0.2) is 18.5 Å². The molecule has 2 N–H and O–H groups in total. The number of nitrogens with zero attached hydrogens (tertiary/aromatic N) is 2. The summed E-state index contributed by atoms with van der Waals surface area (Å²) in [5, 5.41) is 0. The van der Waals surface area contributed by atoms with Crippen molar-refractivity contribution in [1.82, 2.24) is 4.98 Å². The van der Waals surface area contributed by atoms with Gasteiger partial charge in [0.25, 0.3) is 0 Å². The van der Waals surface area contributed by atoms with E-state index in [1.807, 2.05) is 12.3 Å². The van der Waals surface area contributed by atoms with Gasteiger partial charge < -0.3 is 10.6 Å². The first kappa shape index (κ1) is 14.3. The van der Waals surface area contributed by atoms with Gasteiger partial charge >= 0.3 is 0 Å². The van der Waals surface area contributed by atoms with Crippen molar-refractivity contribution in [3.63, 3.8) is 0 Å². The van der Waals surface area contributed by atoms with E-state index in [-0.39, 0.29) is 0 Å². The molecule has 2 rings (SSSR count). The van der Waals surface area contributed by atoms with Gasteiger partial charge in [0.15, 0.2) is 0 Å². The van der Waals surface area contributed by atoms with Crippen LogP contribution in [0.5, 0.6) is 0 Å². The number of hydrogen-bond donors (Lipinski definition) is 1. The van der Waals surface area contributed by atoms with E-state index in [2.05, 4.69) is 23.7 Å². The van der Waals surface area contributed by atoms with Crippen LogP contribution in [0.1, 0.15) is 45.1 Å². The Labute approximate surface area is 121 Å². The van der Waals surface area contributed by atoms with Crippen molar-refractivity contribution in [3.8, 4) is 0 Å². The predicted octanol–water partition coefficient (Wildman–Crippen LogP) is 3.12. The first-order valence-electron chi connectivity index (χ1n) is 7.10. The van der Waals surface area contributed by atoms with Crippen LogP contribution in [0.2, 0.25) is 0 Å². The van der Waals surface area contributed by atoms with Crippen LogP contribution in [-0.4, -0.2) is 23.1 Å². The molecule has 1 aromatic heterocycles. The molecule has 19 heavy (non-hydrogen) atoms. The zero-order valence-corrected chi connectivity index (χ0v) is 12.7. The Morgan fingerprint density at radius 3 is 2.53 bits per heavy atom. The highest BCUT2D eigenvalue weighted by Crippen LogP contribution is 2.39. The van der Waals surface area contributed by atoms with Crippen molar-refractivity contribution in [3.05, 3.63) is 24.0 Å². The lowest BCUT2D eigenvalue weighted by molar-refractivity contribution is 0.199. The van der Waals surface area contributed by atoms with Crippen molar-refractivity contribution in [2.75, 3.05) is 18.0 Å². The minimum atomic E-state index is 0.459. The highest BCUT2D eigenvalue weighted by molar-refractivity contribution is 7.80. The normalized spacial score (nSPS) is 18.3. The SMILES string of the molecule is CCC1(CC)CCN(c2cnccc2C(N)=S)CC1. The fourth-order valence-electron chi connectivity index (χ4n) is 3.03. The van der Waals surface area contributed by atoms with Gasteiger partial charge in [-0.15, -0.1) is 0 Å². The van der Waals surface area contributed by atoms with Crippen molar-refractivity contribution >= 4 is 22.9 Å².